The van der Waals surface area contributed by atoms with Crippen LogP contribution < -0.4 is 5.32 Å². The third-order valence-corrected chi connectivity index (χ3v) is 1.74. The zero-order chi connectivity index (χ0) is 10.4. The van der Waals surface area contributed by atoms with E-state index in [2.05, 4.69) is 5.32 Å². The summed E-state index contributed by atoms with van der Waals surface area (Å²) in [4.78, 5) is 0. The quantitative estimate of drug-likeness (QED) is 0.264. The van der Waals surface area contributed by atoms with Gasteiger partial charge in [-0.2, -0.15) is 0 Å². The molecule has 0 spiro atoms. The summed E-state index contributed by atoms with van der Waals surface area (Å²) in [5, 5.41) is 47.5. The molecule has 0 rings (SSSR count). The summed E-state index contributed by atoms with van der Waals surface area (Å²) in [5.41, 5.74) is 0. The van der Waals surface area contributed by atoms with Crippen LogP contribution in [0.1, 0.15) is 0 Å². The molecule has 0 amide bonds. The average molecular weight is 213 g/mol. The number of rotatable bonds is 6. The highest BCUT2D eigenvalue weighted by Gasteiger charge is 2.29. The minimum Gasteiger partial charge on any atom is -0.412 e. The Balaban J connectivity index is 0. The van der Waals surface area contributed by atoms with Gasteiger partial charge in [0.15, 0.2) is 0 Å². The van der Waals surface area contributed by atoms with E-state index in [0.717, 1.165) is 0 Å². The van der Waals surface area contributed by atoms with Crippen molar-refractivity contribution in [2.45, 2.75) is 24.4 Å². The zero-order valence-corrected chi connectivity index (χ0v) is 7.96. The van der Waals surface area contributed by atoms with Crippen LogP contribution in [0.3, 0.4) is 0 Å². The van der Waals surface area contributed by atoms with Gasteiger partial charge in [-0.25, -0.2) is 0 Å². The molecule has 0 aliphatic heterocycles. The first-order valence-electron chi connectivity index (χ1n) is 4.02. The number of aliphatic hydroxyl groups excluding tert-OH is 5. The molecular weight excluding hydrogens is 194 g/mol. The van der Waals surface area contributed by atoms with Gasteiger partial charge < -0.3 is 36.3 Å². The number of aliphatic hydroxyl groups is 5. The van der Waals surface area contributed by atoms with Crippen molar-refractivity contribution in [3.63, 3.8) is 0 Å². The van der Waals surface area contributed by atoms with Gasteiger partial charge in [0.2, 0.25) is 0 Å². The molecule has 0 heterocycles. The lowest BCUT2D eigenvalue weighted by molar-refractivity contribution is -0.113. The van der Waals surface area contributed by atoms with Crippen molar-refractivity contribution < 1.29 is 31.0 Å². The number of hydrogen-bond donors (Lipinski definition) is 6. The monoisotopic (exact) mass is 213 g/mol. The maximum atomic E-state index is 9.21. The molecule has 0 aromatic rings. The van der Waals surface area contributed by atoms with Crippen LogP contribution in [0.5, 0.6) is 0 Å². The van der Waals surface area contributed by atoms with E-state index < -0.39 is 31.0 Å². The minimum atomic E-state index is -1.55. The van der Waals surface area contributed by atoms with Crippen LogP contribution in [-0.4, -0.2) is 75.6 Å². The Morgan fingerprint density at radius 1 is 1.00 bits per heavy atom. The van der Waals surface area contributed by atoms with E-state index in [9.17, 15) is 5.11 Å². The van der Waals surface area contributed by atoms with Crippen LogP contribution >= 0.6 is 0 Å². The Kier molecular flexibility index (Phi) is 9.31. The van der Waals surface area contributed by atoms with Crippen LogP contribution in [0.25, 0.3) is 0 Å². The maximum Gasteiger partial charge on any atom is 0.111 e. The van der Waals surface area contributed by atoms with Crippen LogP contribution in [-0.2, 0) is 0 Å². The van der Waals surface area contributed by atoms with Crippen molar-refractivity contribution in [2.75, 3.05) is 20.2 Å². The lowest BCUT2D eigenvalue weighted by atomic mass is 10.0. The summed E-state index contributed by atoms with van der Waals surface area (Å²) in [7, 11) is 1.57. The van der Waals surface area contributed by atoms with Gasteiger partial charge in [0, 0.05) is 6.54 Å². The van der Waals surface area contributed by atoms with Gasteiger partial charge in [-0.05, 0) is 7.05 Å². The average Bonchev–Trinajstić information content (AvgIpc) is 2.14. The number of nitrogens with one attached hydrogen (secondary N) is 1. The van der Waals surface area contributed by atoms with Crippen LogP contribution in [0, 0.1) is 0 Å². The summed E-state index contributed by atoms with van der Waals surface area (Å²) in [6, 6.07) is 0. The van der Waals surface area contributed by atoms with Gasteiger partial charge in [0.05, 0.1) is 12.7 Å². The first-order valence-corrected chi connectivity index (χ1v) is 4.02. The zero-order valence-electron chi connectivity index (χ0n) is 7.96. The molecule has 7 heteroatoms. The Labute approximate surface area is 81.9 Å². The summed E-state index contributed by atoms with van der Waals surface area (Å²) >= 11 is 0. The summed E-state index contributed by atoms with van der Waals surface area (Å²) in [5.74, 6) is 0. The smallest absolute Gasteiger partial charge is 0.111 e. The largest absolute Gasteiger partial charge is 0.412 e. The SMILES string of the molecule is CNCC(O)C(O)C(O)C(O)CO.O. The third kappa shape index (κ3) is 4.82. The Hall–Kier alpha value is -0.280. The van der Waals surface area contributed by atoms with E-state index in [1.807, 2.05) is 0 Å². The molecule has 0 aromatic heterocycles. The fourth-order valence-corrected chi connectivity index (χ4v) is 0.893. The summed E-state index contributed by atoms with van der Waals surface area (Å²) < 4.78 is 0. The highest BCUT2D eigenvalue weighted by molar-refractivity contribution is 4.81. The van der Waals surface area contributed by atoms with E-state index in [1.54, 1.807) is 7.05 Å². The van der Waals surface area contributed by atoms with Gasteiger partial charge >= 0.3 is 0 Å². The minimum absolute atomic E-state index is 0. The fraction of sp³-hybridized carbons (Fsp3) is 1.00. The summed E-state index contributed by atoms with van der Waals surface area (Å²) in [6.07, 6.45) is -5.65. The molecule has 0 aliphatic rings. The van der Waals surface area contributed by atoms with Crippen molar-refractivity contribution in [1.82, 2.24) is 5.32 Å². The Morgan fingerprint density at radius 3 is 1.79 bits per heavy atom. The molecule has 14 heavy (non-hydrogen) atoms. The predicted molar refractivity (Wildman–Crippen MR) is 48.7 cm³/mol. The molecule has 0 aromatic carbocycles. The molecule has 0 saturated heterocycles. The van der Waals surface area contributed by atoms with E-state index in [1.165, 1.54) is 0 Å². The first kappa shape index (κ1) is 16.2. The van der Waals surface area contributed by atoms with E-state index in [-0.39, 0.29) is 12.0 Å². The Bertz CT molecular complexity index is 135. The van der Waals surface area contributed by atoms with Crippen molar-refractivity contribution in [1.29, 1.82) is 0 Å². The highest BCUT2D eigenvalue weighted by Crippen LogP contribution is 2.04. The number of hydrogen-bond acceptors (Lipinski definition) is 6. The topological polar surface area (TPSA) is 145 Å². The molecule has 0 fully saturated rings. The van der Waals surface area contributed by atoms with Crippen molar-refractivity contribution >= 4 is 0 Å². The second-order valence-electron chi connectivity index (χ2n) is 2.86. The normalized spacial score (nSPS) is 19.3. The van der Waals surface area contributed by atoms with Gasteiger partial charge in [0.1, 0.15) is 18.3 Å². The second-order valence-corrected chi connectivity index (χ2v) is 2.86. The van der Waals surface area contributed by atoms with E-state index >= 15 is 0 Å². The fourth-order valence-electron chi connectivity index (χ4n) is 0.893. The molecule has 4 unspecified atom stereocenters. The molecule has 0 radical (unpaired) electrons. The van der Waals surface area contributed by atoms with Crippen LogP contribution in [0.2, 0.25) is 0 Å². The standard InChI is InChI=1S/C7H17NO5.H2O/c1-8-2-4(10)6(12)7(13)5(11)3-9;/h4-13H,2-3H2,1H3;1H2. The Morgan fingerprint density at radius 2 is 1.43 bits per heavy atom. The van der Waals surface area contributed by atoms with Gasteiger partial charge in [0.25, 0.3) is 0 Å². The van der Waals surface area contributed by atoms with Crippen molar-refractivity contribution in [3.8, 4) is 0 Å². The molecule has 88 valence electrons. The third-order valence-electron chi connectivity index (χ3n) is 1.74. The van der Waals surface area contributed by atoms with E-state index in [4.69, 9.17) is 20.4 Å². The van der Waals surface area contributed by atoms with E-state index in [0.29, 0.717) is 0 Å². The molecule has 8 N–H and O–H groups in total. The highest BCUT2D eigenvalue weighted by atomic mass is 16.4. The maximum absolute atomic E-state index is 9.21. The molecular formula is C7H19NO6. The molecule has 7 nitrogen and oxygen atoms in total. The second kappa shape index (κ2) is 8.06. The molecule has 4 atom stereocenters. The van der Waals surface area contributed by atoms with Gasteiger partial charge in [-0.15, -0.1) is 0 Å². The van der Waals surface area contributed by atoms with Crippen molar-refractivity contribution in [3.05, 3.63) is 0 Å². The molecule has 0 bridgehead atoms. The van der Waals surface area contributed by atoms with Gasteiger partial charge in [-0.1, -0.05) is 0 Å². The predicted octanol–water partition coefficient (Wildman–Crippen LogP) is -4.18. The lowest BCUT2D eigenvalue weighted by Gasteiger charge is -2.25. The van der Waals surface area contributed by atoms with Crippen LogP contribution in [0.15, 0.2) is 0 Å². The molecule has 0 saturated carbocycles. The van der Waals surface area contributed by atoms with Crippen LogP contribution in [0.4, 0.5) is 0 Å². The summed E-state index contributed by atoms with van der Waals surface area (Å²) in [6.45, 7) is -0.569. The van der Waals surface area contributed by atoms with Gasteiger partial charge in [-0.3, -0.25) is 0 Å². The first-order chi connectivity index (χ1) is 6.04. The van der Waals surface area contributed by atoms with Crippen molar-refractivity contribution in [2.24, 2.45) is 0 Å². The molecule has 0 aliphatic carbocycles. The lowest BCUT2D eigenvalue weighted by Crippen LogP contribution is -2.48. The number of likely N-dealkylation sites (N-methyl/N-ethyl adjacent to an activating group) is 1.